The minimum Gasteiger partial charge on any atom is -0.508 e. The Morgan fingerprint density at radius 1 is 1.15 bits per heavy atom. The van der Waals surface area contributed by atoms with E-state index in [0.29, 0.717) is 5.75 Å². The van der Waals surface area contributed by atoms with Crippen LogP contribution >= 0.6 is 0 Å². The predicted molar refractivity (Wildman–Crippen MR) is 72.4 cm³/mol. The molecule has 0 amide bonds. The van der Waals surface area contributed by atoms with Crippen molar-refractivity contribution in [1.29, 1.82) is 0 Å². The van der Waals surface area contributed by atoms with Gasteiger partial charge in [-0.3, -0.25) is 0 Å². The molecular weight excluding hydrogens is 260 g/mol. The Kier molecular flexibility index (Phi) is 4.10. The van der Waals surface area contributed by atoms with Crippen LogP contribution in [0.4, 0.5) is 0 Å². The van der Waals surface area contributed by atoms with E-state index in [4.69, 9.17) is 14.6 Å². The molecule has 0 aliphatic heterocycles. The van der Waals surface area contributed by atoms with E-state index in [0.717, 1.165) is 5.56 Å². The van der Waals surface area contributed by atoms with Crippen molar-refractivity contribution in [2.45, 2.75) is 6.61 Å². The Morgan fingerprint density at radius 2 is 1.85 bits per heavy atom. The zero-order valence-electron chi connectivity index (χ0n) is 10.9. The van der Waals surface area contributed by atoms with Crippen molar-refractivity contribution < 1.29 is 24.5 Å². The quantitative estimate of drug-likeness (QED) is 0.876. The molecular formula is C15H14O5. The summed E-state index contributed by atoms with van der Waals surface area (Å²) in [6.07, 6.45) is 0. The molecule has 0 aliphatic carbocycles. The molecule has 0 saturated heterocycles. The van der Waals surface area contributed by atoms with Gasteiger partial charge in [-0.05, 0) is 29.8 Å². The second-order valence-corrected chi connectivity index (χ2v) is 4.10. The summed E-state index contributed by atoms with van der Waals surface area (Å²) in [5.41, 5.74) is 0.855. The van der Waals surface area contributed by atoms with Crippen LogP contribution in [0.25, 0.3) is 0 Å². The van der Waals surface area contributed by atoms with Gasteiger partial charge in [-0.25, -0.2) is 4.79 Å². The molecule has 2 N–H and O–H groups in total. The molecule has 104 valence electrons. The molecule has 20 heavy (non-hydrogen) atoms. The van der Waals surface area contributed by atoms with Gasteiger partial charge in [-0.15, -0.1) is 0 Å². The number of rotatable bonds is 5. The first-order chi connectivity index (χ1) is 9.61. The fourth-order valence-electron chi connectivity index (χ4n) is 1.74. The third-order valence-electron chi connectivity index (χ3n) is 2.75. The van der Waals surface area contributed by atoms with Crippen molar-refractivity contribution in [3.8, 4) is 17.2 Å². The Morgan fingerprint density at radius 3 is 2.45 bits per heavy atom. The Balaban J connectivity index is 2.23. The number of carboxylic acid groups (broad SMARTS) is 1. The number of ether oxygens (including phenoxy) is 2. The number of carbonyl (C=O) groups is 1. The van der Waals surface area contributed by atoms with Crippen molar-refractivity contribution in [2.75, 3.05) is 7.11 Å². The minimum atomic E-state index is -1.08. The summed E-state index contributed by atoms with van der Waals surface area (Å²) in [6, 6.07) is 11.2. The number of phenols is 1. The van der Waals surface area contributed by atoms with Gasteiger partial charge in [-0.1, -0.05) is 18.2 Å². The van der Waals surface area contributed by atoms with Crippen LogP contribution in [-0.2, 0) is 6.61 Å². The molecule has 0 atom stereocenters. The average Bonchev–Trinajstić information content (AvgIpc) is 2.46. The number of carboxylic acids is 1. The first kappa shape index (κ1) is 13.7. The topological polar surface area (TPSA) is 76.0 Å². The number of para-hydroxylation sites is 1. The number of phenolic OH excluding ortho intramolecular Hbond substituents is 1. The molecule has 0 fully saturated rings. The monoisotopic (exact) mass is 274 g/mol. The second kappa shape index (κ2) is 5.97. The number of hydrogen-bond acceptors (Lipinski definition) is 4. The van der Waals surface area contributed by atoms with E-state index in [9.17, 15) is 9.90 Å². The van der Waals surface area contributed by atoms with Gasteiger partial charge in [0, 0.05) is 0 Å². The number of benzene rings is 2. The van der Waals surface area contributed by atoms with Crippen LogP contribution in [0.15, 0.2) is 42.5 Å². The Bertz CT molecular complexity index is 604. The highest BCUT2D eigenvalue weighted by Gasteiger charge is 2.16. The number of hydrogen-bond donors (Lipinski definition) is 2. The molecule has 5 heteroatoms. The zero-order chi connectivity index (χ0) is 14.5. The van der Waals surface area contributed by atoms with E-state index >= 15 is 0 Å². The van der Waals surface area contributed by atoms with Crippen LogP contribution in [0.3, 0.4) is 0 Å². The van der Waals surface area contributed by atoms with E-state index in [2.05, 4.69) is 0 Å². The first-order valence-electron chi connectivity index (χ1n) is 5.93. The molecule has 0 unspecified atom stereocenters. The largest absolute Gasteiger partial charge is 0.508 e. The molecule has 2 rings (SSSR count). The lowest BCUT2D eigenvalue weighted by Crippen LogP contribution is -2.05. The van der Waals surface area contributed by atoms with Crippen LogP contribution in [0.5, 0.6) is 17.2 Å². The molecule has 0 bridgehead atoms. The van der Waals surface area contributed by atoms with Crippen LogP contribution in [0.2, 0.25) is 0 Å². The summed E-state index contributed by atoms with van der Waals surface area (Å²) in [4.78, 5) is 11.2. The molecule has 0 spiro atoms. The number of aromatic carboxylic acids is 1. The third-order valence-corrected chi connectivity index (χ3v) is 2.75. The van der Waals surface area contributed by atoms with E-state index in [1.54, 1.807) is 36.4 Å². The van der Waals surface area contributed by atoms with Gasteiger partial charge in [0.05, 0.1) is 7.11 Å². The maximum atomic E-state index is 11.2. The highest BCUT2D eigenvalue weighted by atomic mass is 16.5. The highest BCUT2D eigenvalue weighted by Crippen LogP contribution is 2.31. The fourth-order valence-corrected chi connectivity index (χ4v) is 1.74. The molecule has 0 saturated carbocycles. The third kappa shape index (κ3) is 3.00. The smallest absolute Gasteiger partial charge is 0.339 e. The predicted octanol–water partition coefficient (Wildman–Crippen LogP) is 2.68. The van der Waals surface area contributed by atoms with E-state index in [1.165, 1.54) is 13.2 Å². The SMILES string of the molecule is COc1cccc(C(=O)O)c1OCc1ccc(O)cc1. The van der Waals surface area contributed by atoms with Gasteiger partial charge in [0.25, 0.3) is 0 Å². The van der Waals surface area contributed by atoms with Gasteiger partial charge < -0.3 is 19.7 Å². The minimum absolute atomic E-state index is 0.0446. The van der Waals surface area contributed by atoms with Crippen molar-refractivity contribution in [1.82, 2.24) is 0 Å². The van der Waals surface area contributed by atoms with Gasteiger partial charge >= 0.3 is 5.97 Å². The molecule has 0 radical (unpaired) electrons. The summed E-state index contributed by atoms with van der Waals surface area (Å²) < 4.78 is 10.7. The summed E-state index contributed by atoms with van der Waals surface area (Å²) >= 11 is 0. The van der Waals surface area contributed by atoms with Crippen LogP contribution in [0.1, 0.15) is 15.9 Å². The fraction of sp³-hybridized carbons (Fsp3) is 0.133. The average molecular weight is 274 g/mol. The summed E-state index contributed by atoms with van der Waals surface area (Å²) in [6.45, 7) is 0.181. The van der Waals surface area contributed by atoms with Crippen molar-refractivity contribution in [3.05, 3.63) is 53.6 Å². The van der Waals surface area contributed by atoms with E-state index in [1.807, 2.05) is 0 Å². The van der Waals surface area contributed by atoms with E-state index in [-0.39, 0.29) is 23.7 Å². The normalized spacial score (nSPS) is 10.1. The molecule has 0 aromatic heterocycles. The first-order valence-corrected chi connectivity index (χ1v) is 5.93. The number of methoxy groups -OCH3 is 1. The van der Waals surface area contributed by atoms with Gasteiger partial charge in [0.2, 0.25) is 0 Å². The Labute approximate surface area is 116 Å². The molecule has 0 aliphatic rings. The van der Waals surface area contributed by atoms with Gasteiger partial charge in [-0.2, -0.15) is 0 Å². The van der Waals surface area contributed by atoms with Crippen LogP contribution < -0.4 is 9.47 Å². The molecule has 2 aromatic carbocycles. The summed E-state index contributed by atoms with van der Waals surface area (Å²) in [5.74, 6) is -0.360. The molecule has 0 heterocycles. The van der Waals surface area contributed by atoms with Gasteiger partial charge in [0.1, 0.15) is 17.9 Å². The maximum Gasteiger partial charge on any atom is 0.339 e. The van der Waals surface area contributed by atoms with Crippen molar-refractivity contribution in [3.63, 3.8) is 0 Å². The van der Waals surface area contributed by atoms with Crippen molar-refractivity contribution in [2.24, 2.45) is 0 Å². The second-order valence-electron chi connectivity index (χ2n) is 4.10. The lowest BCUT2D eigenvalue weighted by Gasteiger charge is -2.13. The lowest BCUT2D eigenvalue weighted by atomic mass is 10.2. The standard InChI is InChI=1S/C15H14O5/c1-19-13-4-2-3-12(15(17)18)14(13)20-9-10-5-7-11(16)8-6-10/h2-8,16H,9H2,1H3,(H,17,18). The molecule has 2 aromatic rings. The molecule has 5 nitrogen and oxygen atoms in total. The summed E-state index contributed by atoms with van der Waals surface area (Å²) in [5, 5.41) is 18.4. The maximum absolute atomic E-state index is 11.2. The zero-order valence-corrected chi connectivity index (χ0v) is 10.9. The van der Waals surface area contributed by atoms with Crippen LogP contribution in [-0.4, -0.2) is 23.3 Å². The highest BCUT2D eigenvalue weighted by molar-refractivity contribution is 5.92. The van der Waals surface area contributed by atoms with E-state index < -0.39 is 5.97 Å². The van der Waals surface area contributed by atoms with Gasteiger partial charge in [0.15, 0.2) is 11.5 Å². The summed E-state index contributed by atoms with van der Waals surface area (Å²) in [7, 11) is 1.45. The van der Waals surface area contributed by atoms with Crippen molar-refractivity contribution >= 4 is 5.97 Å². The number of aromatic hydroxyl groups is 1. The Hall–Kier alpha value is -2.69. The van der Waals surface area contributed by atoms with Crippen LogP contribution in [0, 0.1) is 0 Å². The lowest BCUT2D eigenvalue weighted by molar-refractivity contribution is 0.0691.